The van der Waals surface area contributed by atoms with Gasteiger partial charge in [0.05, 0.1) is 12.7 Å². The van der Waals surface area contributed by atoms with Crippen LogP contribution in [-0.2, 0) is 9.53 Å². The van der Waals surface area contributed by atoms with Crippen molar-refractivity contribution in [3.05, 3.63) is 35.6 Å². The van der Waals surface area contributed by atoms with E-state index in [1.165, 1.54) is 24.3 Å². The van der Waals surface area contributed by atoms with E-state index in [2.05, 4.69) is 13.8 Å². The molecule has 0 N–H and O–H groups in total. The Bertz CT molecular complexity index is 671. The molecule has 1 saturated carbocycles. The molecule has 0 aromatic heterocycles. The highest BCUT2D eigenvalue weighted by Gasteiger charge is 2.32. The second-order valence-corrected chi connectivity index (χ2v) is 8.37. The molecule has 0 spiro atoms. The fourth-order valence-electron chi connectivity index (χ4n) is 4.16. The maximum atomic E-state index is 13.2. The van der Waals surface area contributed by atoms with Crippen LogP contribution in [0.4, 0.5) is 4.39 Å². The predicted molar refractivity (Wildman–Crippen MR) is 105 cm³/mol. The number of carbonyl (C=O) groups is 2. The van der Waals surface area contributed by atoms with Crippen molar-refractivity contribution in [1.82, 2.24) is 9.80 Å². The average molecular weight is 390 g/mol. The lowest BCUT2D eigenvalue weighted by atomic mass is 10.1. The number of rotatable bonds is 6. The van der Waals surface area contributed by atoms with E-state index in [9.17, 15) is 14.0 Å². The van der Waals surface area contributed by atoms with Gasteiger partial charge in [0.1, 0.15) is 5.82 Å². The molecule has 3 rings (SSSR count). The smallest absolute Gasteiger partial charge is 0.253 e. The fraction of sp³-hybridized carbons (Fsp3) is 0.636. The van der Waals surface area contributed by atoms with Crippen LogP contribution in [0.1, 0.15) is 49.9 Å². The van der Waals surface area contributed by atoms with Crippen LogP contribution in [0.2, 0.25) is 0 Å². The average Bonchev–Trinajstić information content (AvgIpc) is 3.21. The summed E-state index contributed by atoms with van der Waals surface area (Å²) in [7, 11) is 0. The second kappa shape index (κ2) is 9.50. The molecule has 6 heteroatoms. The lowest BCUT2D eigenvalue weighted by Crippen LogP contribution is -2.52. The number of hydrogen-bond acceptors (Lipinski definition) is 3. The van der Waals surface area contributed by atoms with E-state index in [0.29, 0.717) is 44.3 Å². The Labute approximate surface area is 166 Å². The van der Waals surface area contributed by atoms with Gasteiger partial charge in [-0.2, -0.15) is 0 Å². The first kappa shape index (κ1) is 20.8. The molecule has 0 radical (unpaired) electrons. The summed E-state index contributed by atoms with van der Waals surface area (Å²) in [6, 6.07) is 5.64. The fourth-order valence-corrected chi connectivity index (χ4v) is 4.16. The zero-order chi connectivity index (χ0) is 20.1. The molecule has 0 bridgehead atoms. The maximum absolute atomic E-state index is 13.2. The second-order valence-electron chi connectivity index (χ2n) is 8.37. The van der Waals surface area contributed by atoms with Crippen molar-refractivity contribution in [2.75, 3.05) is 32.8 Å². The lowest BCUT2D eigenvalue weighted by molar-refractivity contribution is -0.143. The molecular formula is C22H31FN2O3. The number of benzene rings is 1. The Morgan fingerprint density at radius 2 is 1.89 bits per heavy atom. The summed E-state index contributed by atoms with van der Waals surface area (Å²) in [5.41, 5.74) is 0.469. The Kier molecular flexibility index (Phi) is 7.05. The van der Waals surface area contributed by atoms with Crippen LogP contribution in [0, 0.1) is 17.7 Å². The minimum absolute atomic E-state index is 0.128. The summed E-state index contributed by atoms with van der Waals surface area (Å²) >= 11 is 0. The van der Waals surface area contributed by atoms with Gasteiger partial charge in [-0.1, -0.05) is 26.7 Å². The Balaban J connectivity index is 1.65. The maximum Gasteiger partial charge on any atom is 0.253 e. The third-order valence-electron chi connectivity index (χ3n) is 5.54. The number of hydrogen-bond donors (Lipinski definition) is 0. The SMILES string of the molecule is CC(C)CN(CC1CN(C(=O)C2CCCC2)CCO1)C(=O)c1ccc(F)cc1. The number of nitrogens with zero attached hydrogens (tertiary/aromatic N) is 2. The van der Waals surface area contributed by atoms with Gasteiger partial charge in [-0.25, -0.2) is 4.39 Å². The van der Waals surface area contributed by atoms with E-state index < -0.39 is 0 Å². The molecular weight excluding hydrogens is 359 g/mol. The van der Waals surface area contributed by atoms with Gasteiger partial charge in [-0.15, -0.1) is 0 Å². The summed E-state index contributed by atoms with van der Waals surface area (Å²) in [4.78, 5) is 29.4. The van der Waals surface area contributed by atoms with Gasteiger partial charge in [0.15, 0.2) is 0 Å². The number of halogens is 1. The van der Waals surface area contributed by atoms with E-state index >= 15 is 0 Å². The minimum atomic E-state index is -0.358. The third-order valence-corrected chi connectivity index (χ3v) is 5.54. The molecule has 1 heterocycles. The summed E-state index contributed by atoms with van der Waals surface area (Å²) in [5, 5.41) is 0. The van der Waals surface area contributed by atoms with Crippen LogP contribution in [-0.4, -0.2) is 60.5 Å². The van der Waals surface area contributed by atoms with Gasteiger partial charge >= 0.3 is 0 Å². The molecule has 154 valence electrons. The van der Waals surface area contributed by atoms with Crippen LogP contribution in [0.25, 0.3) is 0 Å². The molecule has 2 amide bonds. The molecule has 1 aliphatic carbocycles. The molecule has 1 aromatic carbocycles. The van der Waals surface area contributed by atoms with Crippen LogP contribution < -0.4 is 0 Å². The number of amides is 2. The molecule has 2 aliphatic rings. The number of carbonyl (C=O) groups excluding carboxylic acids is 2. The predicted octanol–water partition coefficient (Wildman–Crippen LogP) is 3.34. The van der Waals surface area contributed by atoms with E-state index in [4.69, 9.17) is 4.74 Å². The normalized spacial score (nSPS) is 20.6. The van der Waals surface area contributed by atoms with Gasteiger partial charge < -0.3 is 14.5 Å². The summed E-state index contributed by atoms with van der Waals surface area (Å²) in [5.74, 6) is 0.210. The Morgan fingerprint density at radius 3 is 2.54 bits per heavy atom. The first-order chi connectivity index (χ1) is 13.4. The summed E-state index contributed by atoms with van der Waals surface area (Å²) < 4.78 is 19.1. The standard InChI is InChI=1S/C22H31FN2O3/c1-16(2)13-25(22(27)18-7-9-19(23)10-8-18)15-20-14-24(11-12-28-20)21(26)17-5-3-4-6-17/h7-10,16-17,20H,3-6,11-15H2,1-2H3. The van der Waals surface area contributed by atoms with Gasteiger partial charge in [0, 0.05) is 37.7 Å². The van der Waals surface area contributed by atoms with Crippen molar-refractivity contribution >= 4 is 11.8 Å². The molecule has 1 atom stereocenters. The Morgan fingerprint density at radius 1 is 1.21 bits per heavy atom. The first-order valence-corrected chi connectivity index (χ1v) is 10.4. The molecule has 2 fully saturated rings. The largest absolute Gasteiger partial charge is 0.373 e. The van der Waals surface area contributed by atoms with Crippen molar-refractivity contribution in [1.29, 1.82) is 0 Å². The molecule has 1 aromatic rings. The molecule has 1 unspecified atom stereocenters. The molecule has 28 heavy (non-hydrogen) atoms. The first-order valence-electron chi connectivity index (χ1n) is 10.4. The number of ether oxygens (including phenoxy) is 1. The number of morpholine rings is 1. The van der Waals surface area contributed by atoms with Crippen molar-refractivity contribution in [3.63, 3.8) is 0 Å². The molecule has 5 nitrogen and oxygen atoms in total. The van der Waals surface area contributed by atoms with E-state index in [-0.39, 0.29) is 29.7 Å². The summed E-state index contributed by atoms with van der Waals surface area (Å²) in [6.07, 6.45) is 4.06. The third kappa shape index (κ3) is 5.31. The highest BCUT2D eigenvalue weighted by atomic mass is 19.1. The van der Waals surface area contributed by atoms with Crippen molar-refractivity contribution in [3.8, 4) is 0 Å². The van der Waals surface area contributed by atoms with E-state index in [0.717, 1.165) is 25.7 Å². The van der Waals surface area contributed by atoms with Gasteiger partial charge in [0.25, 0.3) is 5.91 Å². The molecule has 1 aliphatic heterocycles. The van der Waals surface area contributed by atoms with Crippen molar-refractivity contribution in [2.24, 2.45) is 11.8 Å². The summed E-state index contributed by atoms with van der Waals surface area (Å²) in [6.45, 7) is 6.80. The Hall–Kier alpha value is -1.95. The zero-order valence-electron chi connectivity index (χ0n) is 16.9. The lowest BCUT2D eigenvalue weighted by Gasteiger charge is -2.37. The van der Waals surface area contributed by atoms with Crippen molar-refractivity contribution in [2.45, 2.75) is 45.6 Å². The topological polar surface area (TPSA) is 49.9 Å². The van der Waals surface area contributed by atoms with Crippen LogP contribution in [0.3, 0.4) is 0 Å². The van der Waals surface area contributed by atoms with Gasteiger partial charge in [-0.05, 0) is 43.0 Å². The van der Waals surface area contributed by atoms with E-state index in [1.54, 1.807) is 4.90 Å². The quantitative estimate of drug-likeness (QED) is 0.749. The van der Waals surface area contributed by atoms with Gasteiger partial charge in [-0.3, -0.25) is 9.59 Å². The minimum Gasteiger partial charge on any atom is -0.373 e. The van der Waals surface area contributed by atoms with Crippen LogP contribution in [0.15, 0.2) is 24.3 Å². The van der Waals surface area contributed by atoms with Crippen LogP contribution in [0.5, 0.6) is 0 Å². The molecule has 1 saturated heterocycles. The monoisotopic (exact) mass is 390 g/mol. The van der Waals surface area contributed by atoms with Crippen molar-refractivity contribution < 1.29 is 18.7 Å². The highest BCUT2D eigenvalue weighted by Crippen LogP contribution is 2.27. The van der Waals surface area contributed by atoms with E-state index in [1.807, 2.05) is 4.90 Å². The zero-order valence-corrected chi connectivity index (χ0v) is 16.9. The van der Waals surface area contributed by atoms with Gasteiger partial charge in [0.2, 0.25) is 5.91 Å². The van der Waals surface area contributed by atoms with Crippen LogP contribution >= 0.6 is 0 Å². The highest BCUT2D eigenvalue weighted by molar-refractivity contribution is 5.94.